The number of likely N-dealkylation sites (tertiary alicyclic amines) is 1. The third-order valence-corrected chi connectivity index (χ3v) is 8.04. The van der Waals surface area contributed by atoms with E-state index in [2.05, 4.69) is 23.8 Å². The van der Waals surface area contributed by atoms with Crippen molar-refractivity contribution in [1.29, 1.82) is 0 Å². The average Bonchev–Trinajstić information content (AvgIpc) is 2.69. The highest BCUT2D eigenvalue weighted by molar-refractivity contribution is 7.76. The van der Waals surface area contributed by atoms with E-state index in [-0.39, 0.29) is 6.04 Å². The minimum atomic E-state index is -2.88. The molecule has 0 aromatic heterocycles. The normalized spacial score (nSPS) is 17.3. The molecule has 2 aromatic carbocycles. The second kappa shape index (κ2) is 8.99. The van der Waals surface area contributed by atoms with Crippen LogP contribution >= 0.6 is 7.29 Å². The first kappa shape index (κ1) is 19.4. The molecular formula is C22H31N2OP. The molecule has 1 heterocycles. The molecule has 140 valence electrons. The Balaban J connectivity index is 1.89. The Morgan fingerprint density at radius 3 is 1.85 bits per heavy atom. The van der Waals surface area contributed by atoms with Gasteiger partial charge < -0.3 is 4.90 Å². The van der Waals surface area contributed by atoms with E-state index in [9.17, 15) is 4.57 Å². The summed E-state index contributed by atoms with van der Waals surface area (Å²) in [4.78, 5) is 2.53. The van der Waals surface area contributed by atoms with Gasteiger partial charge in [0.25, 0.3) is 0 Å². The first-order valence-electron chi connectivity index (χ1n) is 9.81. The summed E-state index contributed by atoms with van der Waals surface area (Å²) >= 11 is 0. The molecule has 4 heteroatoms. The summed E-state index contributed by atoms with van der Waals surface area (Å²) in [5, 5.41) is 5.39. The van der Waals surface area contributed by atoms with Crippen LogP contribution in [0, 0.1) is 5.92 Å². The van der Waals surface area contributed by atoms with Gasteiger partial charge in [-0.3, -0.25) is 9.65 Å². The number of hydrogen-bond donors (Lipinski definition) is 1. The summed E-state index contributed by atoms with van der Waals surface area (Å²) < 4.78 is 14.2. The summed E-state index contributed by atoms with van der Waals surface area (Å²) in [6.45, 7) is 7.73. The first-order valence-corrected chi connectivity index (χ1v) is 11.5. The van der Waals surface area contributed by atoms with E-state index in [1.54, 1.807) is 0 Å². The van der Waals surface area contributed by atoms with Crippen molar-refractivity contribution < 1.29 is 4.57 Å². The van der Waals surface area contributed by atoms with Crippen LogP contribution in [0.1, 0.15) is 33.1 Å². The monoisotopic (exact) mass is 370 g/mol. The Hall–Kier alpha value is -1.41. The maximum absolute atomic E-state index is 14.2. The summed E-state index contributed by atoms with van der Waals surface area (Å²) in [5.74, 6) is 0.415. The highest BCUT2D eigenvalue weighted by atomic mass is 31.2. The molecular weight excluding hydrogens is 339 g/mol. The second-order valence-electron chi connectivity index (χ2n) is 7.62. The average molecular weight is 370 g/mol. The van der Waals surface area contributed by atoms with E-state index in [0.29, 0.717) is 5.92 Å². The highest BCUT2D eigenvalue weighted by Crippen LogP contribution is 2.40. The number of rotatable bonds is 7. The summed E-state index contributed by atoms with van der Waals surface area (Å²) in [6, 6.07) is 20.0. The third-order valence-electron chi connectivity index (χ3n) is 5.30. The van der Waals surface area contributed by atoms with E-state index in [0.717, 1.165) is 30.2 Å². The van der Waals surface area contributed by atoms with Crippen LogP contribution in [-0.2, 0) is 4.57 Å². The topological polar surface area (TPSA) is 32.3 Å². The van der Waals surface area contributed by atoms with Gasteiger partial charge in [-0.1, -0.05) is 56.7 Å². The van der Waals surface area contributed by atoms with Crippen LogP contribution in [0.4, 0.5) is 0 Å². The number of benzene rings is 2. The second-order valence-corrected chi connectivity index (χ2v) is 10.1. The largest absolute Gasteiger partial charge is 0.302 e. The van der Waals surface area contributed by atoms with Gasteiger partial charge in [-0.25, -0.2) is 0 Å². The van der Waals surface area contributed by atoms with Crippen LogP contribution in [0.25, 0.3) is 0 Å². The molecule has 1 fully saturated rings. The van der Waals surface area contributed by atoms with Crippen molar-refractivity contribution in [2.45, 2.75) is 39.2 Å². The molecule has 2 aromatic rings. The predicted molar refractivity (Wildman–Crippen MR) is 112 cm³/mol. The Morgan fingerprint density at radius 2 is 1.38 bits per heavy atom. The van der Waals surface area contributed by atoms with Crippen molar-refractivity contribution in [2.75, 3.05) is 19.6 Å². The van der Waals surface area contributed by atoms with Crippen molar-refractivity contribution in [2.24, 2.45) is 5.92 Å². The Morgan fingerprint density at radius 1 is 0.885 bits per heavy atom. The van der Waals surface area contributed by atoms with Crippen molar-refractivity contribution >= 4 is 17.9 Å². The summed E-state index contributed by atoms with van der Waals surface area (Å²) in [7, 11) is -2.88. The molecule has 1 atom stereocenters. The SMILES string of the molecule is CC(C)[C@H](CN1CCCCC1)NP(=O)(c1ccccc1)c1ccccc1. The van der Waals surface area contributed by atoms with Crippen LogP contribution < -0.4 is 15.7 Å². The Kier molecular flexibility index (Phi) is 6.69. The summed E-state index contributed by atoms with van der Waals surface area (Å²) in [5.41, 5.74) is 0. The predicted octanol–water partition coefficient (Wildman–Crippen LogP) is 4.02. The number of piperidine rings is 1. The van der Waals surface area contributed by atoms with Gasteiger partial charge >= 0.3 is 0 Å². The molecule has 0 bridgehead atoms. The lowest BCUT2D eigenvalue weighted by atomic mass is 10.0. The van der Waals surface area contributed by atoms with Crippen LogP contribution in [0.5, 0.6) is 0 Å². The highest BCUT2D eigenvalue weighted by Gasteiger charge is 2.32. The zero-order valence-corrected chi connectivity index (χ0v) is 16.9. The minimum absolute atomic E-state index is 0.194. The standard InChI is InChI=1S/C22H31N2OP/c1-19(2)22(18-24-16-10-5-11-17-24)23-26(25,20-12-6-3-7-13-20)21-14-8-4-9-15-21/h3-4,6-9,12-15,19,22H,5,10-11,16-18H2,1-2H3,(H,23,25)/t22-/m0/s1. The van der Waals surface area contributed by atoms with Gasteiger partial charge in [0, 0.05) is 23.2 Å². The maximum atomic E-state index is 14.2. The van der Waals surface area contributed by atoms with E-state index < -0.39 is 7.29 Å². The smallest absolute Gasteiger partial charge is 0.204 e. The van der Waals surface area contributed by atoms with Crippen LogP contribution in [0.3, 0.4) is 0 Å². The van der Waals surface area contributed by atoms with E-state index in [4.69, 9.17) is 0 Å². The first-order chi connectivity index (χ1) is 12.6. The van der Waals surface area contributed by atoms with Crippen molar-refractivity contribution in [3.63, 3.8) is 0 Å². The molecule has 1 N–H and O–H groups in total. The molecule has 0 spiro atoms. The number of nitrogens with zero attached hydrogens (tertiary/aromatic N) is 1. The molecule has 0 amide bonds. The molecule has 0 radical (unpaired) electrons. The number of nitrogens with one attached hydrogen (secondary N) is 1. The van der Waals surface area contributed by atoms with E-state index in [1.807, 2.05) is 60.7 Å². The van der Waals surface area contributed by atoms with Crippen molar-refractivity contribution in [3.05, 3.63) is 60.7 Å². The molecule has 3 nitrogen and oxygen atoms in total. The lowest BCUT2D eigenvalue weighted by Crippen LogP contribution is -2.47. The van der Waals surface area contributed by atoms with Crippen LogP contribution in [0.15, 0.2) is 60.7 Å². The van der Waals surface area contributed by atoms with Crippen molar-refractivity contribution in [1.82, 2.24) is 9.99 Å². The maximum Gasteiger partial charge on any atom is 0.204 e. The Bertz CT molecular complexity index is 668. The van der Waals surface area contributed by atoms with Gasteiger partial charge in [0.15, 0.2) is 0 Å². The van der Waals surface area contributed by atoms with Gasteiger partial charge in [-0.15, -0.1) is 0 Å². The van der Waals surface area contributed by atoms with Gasteiger partial charge in [0.05, 0.1) is 0 Å². The summed E-state index contributed by atoms with van der Waals surface area (Å²) in [6.07, 6.45) is 3.89. The Labute approximate surface area is 158 Å². The fraction of sp³-hybridized carbons (Fsp3) is 0.455. The van der Waals surface area contributed by atoms with Crippen LogP contribution in [0.2, 0.25) is 0 Å². The van der Waals surface area contributed by atoms with Gasteiger partial charge in [0.1, 0.15) is 0 Å². The molecule has 26 heavy (non-hydrogen) atoms. The molecule has 1 aliphatic heterocycles. The van der Waals surface area contributed by atoms with Crippen molar-refractivity contribution in [3.8, 4) is 0 Å². The van der Waals surface area contributed by atoms with E-state index >= 15 is 0 Å². The molecule has 0 unspecified atom stereocenters. The quantitative estimate of drug-likeness (QED) is 0.748. The molecule has 1 aliphatic rings. The fourth-order valence-corrected chi connectivity index (χ4v) is 6.26. The lowest BCUT2D eigenvalue weighted by Gasteiger charge is -2.35. The van der Waals surface area contributed by atoms with E-state index in [1.165, 1.54) is 19.3 Å². The minimum Gasteiger partial charge on any atom is -0.302 e. The molecule has 0 saturated carbocycles. The van der Waals surface area contributed by atoms with Gasteiger partial charge in [-0.2, -0.15) is 0 Å². The molecule has 3 rings (SSSR count). The lowest BCUT2D eigenvalue weighted by molar-refractivity contribution is 0.197. The fourth-order valence-electron chi connectivity index (χ4n) is 3.63. The third kappa shape index (κ3) is 4.65. The van der Waals surface area contributed by atoms with Gasteiger partial charge in [0.2, 0.25) is 7.29 Å². The van der Waals surface area contributed by atoms with Gasteiger partial charge in [-0.05, 0) is 56.1 Å². The molecule has 1 saturated heterocycles. The molecule has 0 aliphatic carbocycles. The van der Waals surface area contributed by atoms with Crippen LogP contribution in [-0.4, -0.2) is 30.6 Å². The zero-order valence-electron chi connectivity index (χ0n) is 16.0. The number of hydrogen-bond acceptors (Lipinski definition) is 2. The zero-order chi connectivity index (χ0) is 18.4.